The second-order valence-electron chi connectivity index (χ2n) is 5.07. The largest absolute Gasteiger partial charge is 0.497 e. The molecule has 5 nitrogen and oxygen atoms in total. The van der Waals surface area contributed by atoms with E-state index in [9.17, 15) is 4.79 Å². The molecule has 1 amide bonds. The summed E-state index contributed by atoms with van der Waals surface area (Å²) in [4.78, 5) is 16.0. The van der Waals surface area contributed by atoms with Crippen molar-refractivity contribution in [2.75, 3.05) is 13.7 Å². The van der Waals surface area contributed by atoms with Crippen LogP contribution in [0.5, 0.6) is 5.75 Å². The molecular weight excluding hydrogens is 336 g/mol. The van der Waals surface area contributed by atoms with Crippen LogP contribution in [0, 0.1) is 11.8 Å². The highest BCUT2D eigenvalue weighted by Gasteiger charge is 2.03. The van der Waals surface area contributed by atoms with Crippen LogP contribution in [0.4, 0.5) is 4.79 Å². The normalized spacial score (nSPS) is 9.96. The predicted octanol–water partition coefficient (Wildman–Crippen LogP) is 3.58. The number of aromatic nitrogens is 1. The molecule has 0 aliphatic carbocycles. The van der Waals surface area contributed by atoms with Gasteiger partial charge in [-0.2, -0.15) is 0 Å². The van der Waals surface area contributed by atoms with E-state index in [0.717, 1.165) is 21.5 Å². The fourth-order valence-corrected chi connectivity index (χ4v) is 2.96. The van der Waals surface area contributed by atoms with Crippen LogP contribution in [0.2, 0.25) is 0 Å². The number of fused-ring (bicyclic) bond motifs is 1. The van der Waals surface area contributed by atoms with E-state index in [0.29, 0.717) is 5.01 Å². The third kappa shape index (κ3) is 4.72. The Morgan fingerprint density at radius 1 is 1.24 bits per heavy atom. The fourth-order valence-electron chi connectivity index (χ4n) is 2.10. The molecule has 0 fully saturated rings. The van der Waals surface area contributed by atoms with Crippen molar-refractivity contribution in [2.24, 2.45) is 0 Å². The lowest BCUT2D eigenvalue weighted by molar-refractivity contribution is 0.141. The molecule has 3 aromatic rings. The van der Waals surface area contributed by atoms with Crippen LogP contribution in [0.15, 0.2) is 48.5 Å². The zero-order chi connectivity index (χ0) is 17.5. The van der Waals surface area contributed by atoms with Crippen molar-refractivity contribution in [3.8, 4) is 17.6 Å². The lowest BCUT2D eigenvalue weighted by Crippen LogP contribution is -2.24. The summed E-state index contributed by atoms with van der Waals surface area (Å²) in [7, 11) is 1.63. The van der Waals surface area contributed by atoms with Crippen LogP contribution in [-0.2, 0) is 11.3 Å². The Morgan fingerprint density at radius 3 is 2.88 bits per heavy atom. The van der Waals surface area contributed by atoms with Gasteiger partial charge in [0.15, 0.2) is 5.01 Å². The van der Waals surface area contributed by atoms with Gasteiger partial charge in [-0.15, -0.1) is 11.3 Å². The van der Waals surface area contributed by atoms with E-state index in [4.69, 9.17) is 9.47 Å². The van der Waals surface area contributed by atoms with Gasteiger partial charge in [0.05, 0.1) is 23.9 Å². The van der Waals surface area contributed by atoms with Gasteiger partial charge in [0.2, 0.25) is 0 Å². The summed E-state index contributed by atoms with van der Waals surface area (Å²) in [5, 5.41) is 3.29. The first-order valence-corrected chi connectivity index (χ1v) is 8.44. The SMILES string of the molecule is COc1ccc2nc(C#CCNC(=O)OCc3ccccc3)sc2c1. The molecule has 1 aromatic heterocycles. The van der Waals surface area contributed by atoms with Crippen molar-refractivity contribution in [2.45, 2.75) is 6.61 Å². The number of benzene rings is 2. The van der Waals surface area contributed by atoms with Gasteiger partial charge in [0, 0.05) is 0 Å². The third-order valence-corrected chi connectivity index (χ3v) is 4.26. The minimum atomic E-state index is -0.493. The van der Waals surface area contributed by atoms with Gasteiger partial charge >= 0.3 is 6.09 Å². The number of amides is 1. The second kappa shape index (κ2) is 8.18. The molecule has 1 N–H and O–H groups in total. The number of rotatable bonds is 4. The molecule has 6 heteroatoms. The fraction of sp³-hybridized carbons (Fsp3) is 0.158. The molecule has 0 unspecified atom stereocenters. The summed E-state index contributed by atoms with van der Waals surface area (Å²) in [6.45, 7) is 0.437. The standard InChI is InChI=1S/C19H16N2O3S/c1-23-15-9-10-16-17(12-15)25-18(21-16)8-5-11-20-19(22)24-13-14-6-3-2-4-7-14/h2-4,6-7,9-10,12H,11,13H2,1H3,(H,20,22). The van der Waals surface area contributed by atoms with Gasteiger partial charge in [-0.1, -0.05) is 36.3 Å². The van der Waals surface area contributed by atoms with Crippen molar-refractivity contribution < 1.29 is 14.3 Å². The Balaban J connectivity index is 1.50. The van der Waals surface area contributed by atoms with E-state index < -0.39 is 6.09 Å². The number of hydrogen-bond acceptors (Lipinski definition) is 5. The molecule has 3 rings (SSSR count). The number of hydrogen-bond donors (Lipinski definition) is 1. The summed E-state index contributed by atoms with van der Waals surface area (Å²) in [6, 6.07) is 15.2. The summed E-state index contributed by atoms with van der Waals surface area (Å²) in [5.41, 5.74) is 1.82. The summed E-state index contributed by atoms with van der Waals surface area (Å²) in [5.74, 6) is 6.61. The maximum atomic E-state index is 11.6. The predicted molar refractivity (Wildman–Crippen MR) is 97.7 cm³/mol. The average Bonchev–Trinajstić information content (AvgIpc) is 3.06. The average molecular weight is 352 g/mol. The highest BCUT2D eigenvalue weighted by Crippen LogP contribution is 2.25. The minimum absolute atomic E-state index is 0.201. The van der Waals surface area contributed by atoms with Crippen LogP contribution in [0.1, 0.15) is 10.6 Å². The molecule has 0 atom stereocenters. The first-order valence-electron chi connectivity index (χ1n) is 7.62. The topological polar surface area (TPSA) is 60.5 Å². The van der Waals surface area contributed by atoms with Gasteiger partial charge in [0.25, 0.3) is 0 Å². The first-order chi connectivity index (χ1) is 12.2. The summed E-state index contributed by atoms with van der Waals surface area (Å²) < 4.78 is 11.3. The van der Waals surface area contributed by atoms with Crippen molar-refractivity contribution in [3.05, 3.63) is 59.1 Å². The quantitative estimate of drug-likeness (QED) is 0.729. The van der Waals surface area contributed by atoms with Crippen molar-refractivity contribution in [1.29, 1.82) is 0 Å². The molecular formula is C19H16N2O3S. The Morgan fingerprint density at radius 2 is 2.08 bits per heavy atom. The van der Waals surface area contributed by atoms with Crippen molar-refractivity contribution in [1.82, 2.24) is 10.3 Å². The van der Waals surface area contributed by atoms with Gasteiger partial charge in [0.1, 0.15) is 12.4 Å². The van der Waals surface area contributed by atoms with Crippen LogP contribution >= 0.6 is 11.3 Å². The zero-order valence-corrected chi connectivity index (χ0v) is 14.4. The van der Waals surface area contributed by atoms with Crippen LogP contribution < -0.4 is 10.1 Å². The van der Waals surface area contributed by atoms with Crippen LogP contribution in [0.3, 0.4) is 0 Å². The zero-order valence-electron chi connectivity index (χ0n) is 13.6. The molecule has 0 spiro atoms. The number of nitrogens with one attached hydrogen (secondary N) is 1. The molecule has 0 bridgehead atoms. The van der Waals surface area contributed by atoms with E-state index >= 15 is 0 Å². The molecule has 126 valence electrons. The number of thiazole rings is 1. The van der Waals surface area contributed by atoms with Gasteiger partial charge in [-0.05, 0) is 29.7 Å². The van der Waals surface area contributed by atoms with Crippen LogP contribution in [0.25, 0.3) is 10.2 Å². The summed E-state index contributed by atoms with van der Waals surface area (Å²) in [6.07, 6.45) is -0.493. The number of nitrogens with zero attached hydrogens (tertiary/aromatic N) is 1. The Bertz CT molecular complexity index is 926. The van der Waals surface area contributed by atoms with Crippen LogP contribution in [-0.4, -0.2) is 24.7 Å². The molecule has 0 aliphatic rings. The van der Waals surface area contributed by atoms with E-state index in [1.165, 1.54) is 11.3 Å². The number of carbonyl (C=O) groups excluding carboxylic acids is 1. The number of carbonyl (C=O) groups is 1. The highest BCUT2D eigenvalue weighted by atomic mass is 32.1. The second-order valence-corrected chi connectivity index (χ2v) is 6.10. The van der Waals surface area contributed by atoms with Crippen molar-refractivity contribution >= 4 is 27.6 Å². The maximum absolute atomic E-state index is 11.6. The molecule has 0 saturated carbocycles. The van der Waals surface area contributed by atoms with Crippen molar-refractivity contribution in [3.63, 3.8) is 0 Å². The number of alkyl carbamates (subject to hydrolysis) is 1. The molecule has 2 aromatic carbocycles. The lowest BCUT2D eigenvalue weighted by atomic mass is 10.2. The number of ether oxygens (including phenoxy) is 2. The molecule has 1 heterocycles. The number of methoxy groups -OCH3 is 1. The van der Waals surface area contributed by atoms with E-state index in [-0.39, 0.29) is 13.2 Å². The van der Waals surface area contributed by atoms with Gasteiger partial charge in [-0.3, -0.25) is 0 Å². The molecule has 0 aliphatic heterocycles. The molecule has 0 saturated heterocycles. The Labute approximate surface area is 149 Å². The van der Waals surface area contributed by atoms with Gasteiger partial charge in [-0.25, -0.2) is 9.78 Å². The lowest BCUT2D eigenvalue weighted by Gasteiger charge is -2.04. The monoisotopic (exact) mass is 352 g/mol. The summed E-state index contributed by atoms with van der Waals surface area (Å²) >= 11 is 1.48. The van der Waals surface area contributed by atoms with E-state index in [1.807, 2.05) is 48.5 Å². The Kier molecular flexibility index (Phi) is 5.50. The smallest absolute Gasteiger partial charge is 0.408 e. The third-order valence-electron chi connectivity index (χ3n) is 3.32. The Hall–Kier alpha value is -3.04. The van der Waals surface area contributed by atoms with Gasteiger partial charge < -0.3 is 14.8 Å². The maximum Gasteiger partial charge on any atom is 0.408 e. The minimum Gasteiger partial charge on any atom is -0.497 e. The first kappa shape index (κ1) is 16.8. The highest BCUT2D eigenvalue weighted by molar-refractivity contribution is 7.19. The van der Waals surface area contributed by atoms with E-state index in [2.05, 4.69) is 22.1 Å². The molecule has 0 radical (unpaired) electrons. The molecule has 25 heavy (non-hydrogen) atoms. The van der Waals surface area contributed by atoms with E-state index in [1.54, 1.807) is 7.11 Å².